The van der Waals surface area contributed by atoms with E-state index in [0.717, 1.165) is 17.7 Å². The highest BCUT2D eigenvalue weighted by Crippen LogP contribution is 2.28. The van der Waals surface area contributed by atoms with Gasteiger partial charge in [0.1, 0.15) is 0 Å². The van der Waals surface area contributed by atoms with Crippen LogP contribution in [0.15, 0.2) is 30.5 Å². The lowest BCUT2D eigenvalue weighted by atomic mass is 10.2. The van der Waals surface area contributed by atoms with Gasteiger partial charge in [-0.3, -0.25) is 4.98 Å². The number of nitrogens with zero attached hydrogens (tertiary/aromatic N) is 1. The van der Waals surface area contributed by atoms with Gasteiger partial charge in [-0.2, -0.15) is 0 Å². The molecule has 0 saturated heterocycles. The van der Waals surface area contributed by atoms with Crippen molar-refractivity contribution in [3.8, 4) is 5.75 Å². The van der Waals surface area contributed by atoms with Crippen LogP contribution in [0.1, 0.15) is 24.6 Å². The number of nitrogen functional groups attached to an aromatic ring is 1. The van der Waals surface area contributed by atoms with Crippen LogP contribution < -0.4 is 15.8 Å². The lowest BCUT2D eigenvalue weighted by Crippen LogP contribution is -2.07. The molecule has 1 aromatic heterocycles. The van der Waals surface area contributed by atoms with E-state index in [4.69, 9.17) is 10.5 Å². The number of halogens is 1. The van der Waals surface area contributed by atoms with Crippen molar-refractivity contribution in [3.63, 3.8) is 0 Å². The first kappa shape index (κ1) is 15.1. The van der Waals surface area contributed by atoms with Crippen molar-refractivity contribution in [2.45, 2.75) is 26.8 Å². The lowest BCUT2D eigenvalue weighted by molar-refractivity contribution is 0.301. The number of hydrogen-bond acceptors (Lipinski definition) is 4. The summed E-state index contributed by atoms with van der Waals surface area (Å²) >= 11 is 0. The first-order chi connectivity index (χ1) is 10.1. The quantitative estimate of drug-likeness (QED) is 0.799. The minimum atomic E-state index is -0.444. The van der Waals surface area contributed by atoms with Gasteiger partial charge in [0.2, 0.25) is 0 Å². The fourth-order valence-corrected chi connectivity index (χ4v) is 1.93. The number of hydrogen-bond donors (Lipinski definition) is 2. The first-order valence-electron chi connectivity index (χ1n) is 6.98. The number of rotatable bonds is 6. The minimum absolute atomic E-state index is 0.214. The number of nitrogens with two attached hydrogens (primary N) is 1. The monoisotopic (exact) mass is 289 g/mol. The van der Waals surface area contributed by atoms with Crippen molar-refractivity contribution < 1.29 is 9.13 Å². The van der Waals surface area contributed by atoms with Crippen LogP contribution >= 0.6 is 0 Å². The number of aromatic nitrogens is 1. The summed E-state index contributed by atoms with van der Waals surface area (Å²) < 4.78 is 19.1. The van der Waals surface area contributed by atoms with Gasteiger partial charge < -0.3 is 15.8 Å². The standard InChI is InChI=1S/C16H20FN3O/c1-3-7-21-16-9-14(13(18)8-12(16)17)20-10-15-11(2)5-4-6-19-15/h4-6,8-9,20H,3,7,10,18H2,1-2H3. The predicted molar refractivity (Wildman–Crippen MR) is 82.9 cm³/mol. The van der Waals surface area contributed by atoms with Gasteiger partial charge >= 0.3 is 0 Å². The van der Waals surface area contributed by atoms with Gasteiger partial charge in [0.15, 0.2) is 11.6 Å². The van der Waals surface area contributed by atoms with E-state index in [2.05, 4.69) is 10.3 Å². The summed E-state index contributed by atoms with van der Waals surface area (Å²) in [6, 6.07) is 6.76. The second kappa shape index (κ2) is 6.92. The van der Waals surface area contributed by atoms with E-state index in [1.165, 1.54) is 6.07 Å². The van der Waals surface area contributed by atoms with E-state index in [1.807, 2.05) is 26.0 Å². The van der Waals surface area contributed by atoms with E-state index in [9.17, 15) is 4.39 Å². The van der Waals surface area contributed by atoms with Gasteiger partial charge in [0.05, 0.1) is 30.2 Å². The molecule has 0 bridgehead atoms. The molecule has 3 N–H and O–H groups in total. The topological polar surface area (TPSA) is 60.2 Å². The van der Waals surface area contributed by atoms with Crippen LogP contribution in [-0.2, 0) is 6.54 Å². The van der Waals surface area contributed by atoms with Crippen LogP contribution in [0.25, 0.3) is 0 Å². The summed E-state index contributed by atoms with van der Waals surface area (Å²) in [4.78, 5) is 4.30. The molecule has 2 rings (SSSR count). The minimum Gasteiger partial charge on any atom is -0.490 e. The fraction of sp³-hybridized carbons (Fsp3) is 0.312. The van der Waals surface area contributed by atoms with Gasteiger partial charge in [-0.15, -0.1) is 0 Å². The predicted octanol–water partition coefficient (Wildman–Crippen LogP) is 3.51. The molecule has 2 aromatic rings. The zero-order chi connectivity index (χ0) is 15.2. The molecule has 1 heterocycles. The second-order valence-electron chi connectivity index (χ2n) is 4.84. The average molecular weight is 289 g/mol. The normalized spacial score (nSPS) is 10.4. The summed E-state index contributed by atoms with van der Waals surface area (Å²) in [6.07, 6.45) is 2.56. The van der Waals surface area contributed by atoms with E-state index >= 15 is 0 Å². The Hall–Kier alpha value is -2.30. The maximum Gasteiger partial charge on any atom is 0.167 e. The Labute approximate surface area is 124 Å². The van der Waals surface area contributed by atoms with Crippen molar-refractivity contribution in [2.75, 3.05) is 17.7 Å². The Morgan fingerprint density at radius 3 is 2.90 bits per heavy atom. The molecule has 0 aliphatic carbocycles. The Kier molecular flexibility index (Phi) is 4.98. The molecule has 0 spiro atoms. The van der Waals surface area contributed by atoms with E-state index < -0.39 is 5.82 Å². The molecule has 0 fully saturated rings. The number of nitrogens with one attached hydrogen (secondary N) is 1. The molecule has 0 aliphatic rings. The third-order valence-corrected chi connectivity index (χ3v) is 3.13. The molecule has 1 aromatic carbocycles. The third kappa shape index (κ3) is 3.84. The number of ether oxygens (including phenoxy) is 1. The summed E-state index contributed by atoms with van der Waals surface area (Å²) in [5.41, 5.74) is 8.86. The fourth-order valence-electron chi connectivity index (χ4n) is 1.93. The molecule has 0 aliphatic heterocycles. The van der Waals surface area contributed by atoms with Crippen molar-refractivity contribution in [1.82, 2.24) is 4.98 Å². The van der Waals surface area contributed by atoms with Gasteiger partial charge in [-0.05, 0) is 25.0 Å². The Morgan fingerprint density at radius 2 is 2.19 bits per heavy atom. The summed E-state index contributed by atoms with van der Waals surface area (Å²) in [7, 11) is 0. The smallest absolute Gasteiger partial charge is 0.167 e. The van der Waals surface area contributed by atoms with Crippen molar-refractivity contribution in [1.29, 1.82) is 0 Å². The zero-order valence-corrected chi connectivity index (χ0v) is 12.3. The third-order valence-electron chi connectivity index (χ3n) is 3.13. The Balaban J connectivity index is 2.14. The van der Waals surface area contributed by atoms with E-state index in [0.29, 0.717) is 24.5 Å². The lowest BCUT2D eigenvalue weighted by Gasteiger charge is -2.13. The number of benzene rings is 1. The molecule has 0 radical (unpaired) electrons. The molecular formula is C16H20FN3O. The number of aryl methyl sites for hydroxylation is 1. The zero-order valence-electron chi connectivity index (χ0n) is 12.3. The Morgan fingerprint density at radius 1 is 1.38 bits per heavy atom. The first-order valence-corrected chi connectivity index (χ1v) is 6.98. The van der Waals surface area contributed by atoms with Crippen LogP contribution in [-0.4, -0.2) is 11.6 Å². The maximum atomic E-state index is 13.7. The van der Waals surface area contributed by atoms with E-state index in [1.54, 1.807) is 12.3 Å². The van der Waals surface area contributed by atoms with Crippen molar-refractivity contribution in [3.05, 3.63) is 47.5 Å². The van der Waals surface area contributed by atoms with Crippen molar-refractivity contribution in [2.24, 2.45) is 0 Å². The summed E-state index contributed by atoms with van der Waals surface area (Å²) in [5, 5.41) is 3.18. The molecule has 112 valence electrons. The second-order valence-corrected chi connectivity index (χ2v) is 4.84. The molecule has 4 nitrogen and oxygen atoms in total. The molecule has 0 unspecified atom stereocenters. The molecule has 21 heavy (non-hydrogen) atoms. The Bertz CT molecular complexity index is 616. The molecule has 0 atom stereocenters. The van der Waals surface area contributed by atoms with Crippen LogP contribution in [0.3, 0.4) is 0 Å². The van der Waals surface area contributed by atoms with Crippen LogP contribution in [0.4, 0.5) is 15.8 Å². The maximum absolute atomic E-state index is 13.7. The van der Waals surface area contributed by atoms with Crippen LogP contribution in [0, 0.1) is 12.7 Å². The average Bonchev–Trinajstić information content (AvgIpc) is 2.47. The highest BCUT2D eigenvalue weighted by molar-refractivity contribution is 5.68. The summed E-state index contributed by atoms with van der Waals surface area (Å²) in [6.45, 7) is 4.96. The molecule has 0 amide bonds. The van der Waals surface area contributed by atoms with Gasteiger partial charge in [-0.25, -0.2) is 4.39 Å². The highest BCUT2D eigenvalue weighted by atomic mass is 19.1. The van der Waals surface area contributed by atoms with Gasteiger partial charge in [-0.1, -0.05) is 13.0 Å². The van der Waals surface area contributed by atoms with Crippen molar-refractivity contribution >= 4 is 11.4 Å². The molecular weight excluding hydrogens is 269 g/mol. The van der Waals surface area contributed by atoms with Crippen LogP contribution in [0.2, 0.25) is 0 Å². The van der Waals surface area contributed by atoms with Crippen LogP contribution in [0.5, 0.6) is 5.75 Å². The number of pyridine rings is 1. The van der Waals surface area contributed by atoms with Gasteiger partial charge in [0.25, 0.3) is 0 Å². The largest absolute Gasteiger partial charge is 0.490 e. The summed E-state index contributed by atoms with van der Waals surface area (Å²) in [5.74, 6) is -0.230. The number of anilines is 2. The van der Waals surface area contributed by atoms with E-state index in [-0.39, 0.29) is 5.75 Å². The molecule has 5 heteroatoms. The van der Waals surface area contributed by atoms with Gasteiger partial charge in [0, 0.05) is 18.3 Å². The highest BCUT2D eigenvalue weighted by Gasteiger charge is 2.09. The molecule has 0 saturated carbocycles. The SMILES string of the molecule is CCCOc1cc(NCc2ncccc2C)c(N)cc1F.